The molecule has 0 fully saturated rings. The van der Waals surface area contributed by atoms with E-state index in [-0.39, 0.29) is 17.3 Å². The topological polar surface area (TPSA) is 66.5 Å². The third-order valence-corrected chi connectivity index (χ3v) is 6.89. The molecule has 0 bridgehead atoms. The first-order chi connectivity index (χ1) is 14.0. The van der Waals surface area contributed by atoms with Gasteiger partial charge in [-0.05, 0) is 62.4 Å². The van der Waals surface area contributed by atoms with Crippen LogP contribution in [0.15, 0.2) is 71.1 Å². The van der Waals surface area contributed by atoms with Crippen molar-refractivity contribution in [3.8, 4) is 0 Å². The van der Waals surface area contributed by atoms with Crippen LogP contribution < -0.4 is 9.62 Å². The molecule has 0 radical (unpaired) electrons. The summed E-state index contributed by atoms with van der Waals surface area (Å²) in [4.78, 5) is 12.7. The standard InChI is InChI=1S/C22H25ClN2O3S/c23-19-10-7-11-20(16-19)25(29(27,28)21-12-5-2-6-13-21)17-22(26)24-15-14-18-8-3-1-4-9-18/h2,5-8,10-13,16H,1,3-4,9,14-15,17H2,(H,24,26). The smallest absolute Gasteiger partial charge is 0.264 e. The molecule has 0 atom stereocenters. The van der Waals surface area contributed by atoms with Crippen molar-refractivity contribution in [2.75, 3.05) is 17.4 Å². The number of anilines is 1. The van der Waals surface area contributed by atoms with E-state index < -0.39 is 10.0 Å². The van der Waals surface area contributed by atoms with Crippen LogP contribution in [0.1, 0.15) is 32.1 Å². The predicted molar refractivity (Wildman–Crippen MR) is 117 cm³/mol. The molecule has 0 spiro atoms. The molecule has 0 heterocycles. The average Bonchev–Trinajstić information content (AvgIpc) is 2.73. The maximum absolute atomic E-state index is 13.2. The van der Waals surface area contributed by atoms with Gasteiger partial charge in [0.1, 0.15) is 6.54 Å². The van der Waals surface area contributed by atoms with E-state index in [2.05, 4.69) is 11.4 Å². The van der Waals surface area contributed by atoms with Crippen LogP contribution in [0.3, 0.4) is 0 Å². The fraction of sp³-hybridized carbons (Fsp3) is 0.318. The Labute approximate surface area is 177 Å². The van der Waals surface area contributed by atoms with E-state index in [9.17, 15) is 13.2 Å². The van der Waals surface area contributed by atoms with Crippen molar-refractivity contribution in [2.24, 2.45) is 0 Å². The largest absolute Gasteiger partial charge is 0.354 e. The monoisotopic (exact) mass is 432 g/mol. The minimum absolute atomic E-state index is 0.125. The van der Waals surface area contributed by atoms with Crippen molar-refractivity contribution in [1.82, 2.24) is 5.32 Å². The first-order valence-electron chi connectivity index (χ1n) is 9.75. The van der Waals surface area contributed by atoms with Crippen molar-refractivity contribution in [3.63, 3.8) is 0 Å². The van der Waals surface area contributed by atoms with Crippen molar-refractivity contribution in [3.05, 3.63) is 71.3 Å². The highest BCUT2D eigenvalue weighted by Gasteiger charge is 2.27. The van der Waals surface area contributed by atoms with Crippen LogP contribution in [0.4, 0.5) is 5.69 Å². The minimum atomic E-state index is -3.91. The Morgan fingerprint density at radius 1 is 1.07 bits per heavy atom. The lowest BCUT2D eigenvalue weighted by Crippen LogP contribution is -2.41. The number of allylic oxidation sites excluding steroid dienone is 1. The lowest BCUT2D eigenvalue weighted by molar-refractivity contribution is -0.119. The van der Waals surface area contributed by atoms with Crippen LogP contribution in [-0.2, 0) is 14.8 Å². The summed E-state index contributed by atoms with van der Waals surface area (Å²) in [5, 5.41) is 3.25. The van der Waals surface area contributed by atoms with Gasteiger partial charge in [-0.25, -0.2) is 8.42 Å². The first-order valence-corrected chi connectivity index (χ1v) is 11.6. The molecule has 29 heavy (non-hydrogen) atoms. The van der Waals surface area contributed by atoms with E-state index >= 15 is 0 Å². The SMILES string of the molecule is O=C(CN(c1cccc(Cl)c1)S(=O)(=O)c1ccccc1)NCCC1=CCCCC1. The number of amides is 1. The van der Waals surface area contributed by atoms with E-state index in [1.54, 1.807) is 42.5 Å². The highest BCUT2D eigenvalue weighted by atomic mass is 35.5. The Morgan fingerprint density at radius 2 is 1.86 bits per heavy atom. The molecule has 1 amide bonds. The summed E-state index contributed by atoms with van der Waals surface area (Å²) in [6, 6.07) is 14.6. The van der Waals surface area contributed by atoms with Crippen molar-refractivity contribution >= 4 is 33.2 Å². The number of hydrogen-bond acceptors (Lipinski definition) is 3. The number of carbonyl (C=O) groups is 1. The molecular weight excluding hydrogens is 408 g/mol. The van der Waals surface area contributed by atoms with Gasteiger partial charge < -0.3 is 5.32 Å². The molecule has 7 heteroatoms. The van der Waals surface area contributed by atoms with Gasteiger partial charge in [0.05, 0.1) is 10.6 Å². The maximum Gasteiger partial charge on any atom is 0.264 e. The van der Waals surface area contributed by atoms with Gasteiger partial charge in [0.15, 0.2) is 0 Å². The van der Waals surface area contributed by atoms with E-state index in [4.69, 9.17) is 11.6 Å². The molecule has 154 valence electrons. The molecule has 2 aromatic carbocycles. The molecule has 1 N–H and O–H groups in total. The lowest BCUT2D eigenvalue weighted by atomic mass is 9.97. The van der Waals surface area contributed by atoms with Crippen LogP contribution in [0.2, 0.25) is 5.02 Å². The third kappa shape index (κ3) is 5.84. The number of benzene rings is 2. The summed E-state index contributed by atoms with van der Waals surface area (Å²) in [7, 11) is -3.91. The summed E-state index contributed by atoms with van der Waals surface area (Å²) < 4.78 is 27.5. The molecule has 0 aromatic heterocycles. The van der Waals surface area contributed by atoms with E-state index in [1.165, 1.54) is 30.5 Å². The van der Waals surface area contributed by atoms with Gasteiger partial charge in [-0.3, -0.25) is 9.10 Å². The van der Waals surface area contributed by atoms with Gasteiger partial charge in [0, 0.05) is 11.6 Å². The molecule has 0 saturated carbocycles. The van der Waals surface area contributed by atoms with Gasteiger partial charge in [-0.2, -0.15) is 0 Å². The zero-order valence-electron chi connectivity index (χ0n) is 16.2. The van der Waals surface area contributed by atoms with Crippen LogP contribution >= 0.6 is 11.6 Å². The molecule has 5 nitrogen and oxygen atoms in total. The Kier molecular flexibility index (Phi) is 7.34. The summed E-state index contributed by atoms with van der Waals surface area (Å²) in [5.41, 5.74) is 1.71. The molecule has 2 aromatic rings. The Bertz CT molecular complexity index is 975. The Balaban J connectivity index is 1.75. The molecule has 0 aliphatic heterocycles. The number of hydrogen-bond donors (Lipinski definition) is 1. The fourth-order valence-electron chi connectivity index (χ4n) is 3.35. The molecule has 3 rings (SSSR count). The highest BCUT2D eigenvalue weighted by molar-refractivity contribution is 7.92. The highest BCUT2D eigenvalue weighted by Crippen LogP contribution is 2.26. The number of nitrogens with zero attached hydrogens (tertiary/aromatic N) is 1. The summed E-state index contributed by atoms with van der Waals surface area (Å²) in [6.07, 6.45) is 7.63. The minimum Gasteiger partial charge on any atom is -0.354 e. The molecule has 1 aliphatic rings. The van der Waals surface area contributed by atoms with Gasteiger partial charge >= 0.3 is 0 Å². The van der Waals surface area contributed by atoms with E-state index in [0.717, 1.165) is 23.6 Å². The van der Waals surface area contributed by atoms with Crippen molar-refractivity contribution in [1.29, 1.82) is 0 Å². The van der Waals surface area contributed by atoms with Gasteiger partial charge in [-0.1, -0.05) is 47.5 Å². The number of halogens is 1. The van der Waals surface area contributed by atoms with Crippen LogP contribution in [-0.4, -0.2) is 27.4 Å². The number of rotatable bonds is 8. The lowest BCUT2D eigenvalue weighted by Gasteiger charge is -2.24. The van der Waals surface area contributed by atoms with Crippen molar-refractivity contribution in [2.45, 2.75) is 37.0 Å². The normalized spacial score (nSPS) is 14.2. The second-order valence-electron chi connectivity index (χ2n) is 7.01. The summed E-state index contributed by atoms with van der Waals surface area (Å²) in [5.74, 6) is -0.346. The van der Waals surface area contributed by atoms with Crippen molar-refractivity contribution < 1.29 is 13.2 Å². The van der Waals surface area contributed by atoms with Gasteiger partial charge in [0.2, 0.25) is 5.91 Å². The van der Waals surface area contributed by atoms with Crippen LogP contribution in [0.25, 0.3) is 0 Å². The summed E-state index contributed by atoms with van der Waals surface area (Å²) >= 11 is 6.06. The fourth-order valence-corrected chi connectivity index (χ4v) is 4.96. The summed E-state index contributed by atoms with van der Waals surface area (Å²) in [6.45, 7) is 0.191. The number of carbonyl (C=O) groups excluding carboxylic acids is 1. The molecule has 0 unspecified atom stereocenters. The van der Waals surface area contributed by atoms with Gasteiger partial charge in [0.25, 0.3) is 10.0 Å². The predicted octanol–water partition coefficient (Wildman–Crippen LogP) is 4.54. The zero-order chi connectivity index (χ0) is 20.7. The maximum atomic E-state index is 13.2. The Morgan fingerprint density at radius 3 is 2.55 bits per heavy atom. The first kappa shape index (κ1) is 21.4. The molecular formula is C22H25ClN2O3S. The quantitative estimate of drug-likeness (QED) is 0.622. The molecule has 1 aliphatic carbocycles. The Hall–Kier alpha value is -2.31. The third-order valence-electron chi connectivity index (χ3n) is 4.87. The zero-order valence-corrected chi connectivity index (χ0v) is 17.8. The van der Waals surface area contributed by atoms with E-state index in [0.29, 0.717) is 17.3 Å². The second-order valence-corrected chi connectivity index (χ2v) is 9.31. The van der Waals surface area contributed by atoms with E-state index in [1.807, 2.05) is 0 Å². The number of sulfonamides is 1. The second kappa shape index (κ2) is 9.94. The van der Waals surface area contributed by atoms with Crippen LogP contribution in [0, 0.1) is 0 Å². The average molecular weight is 433 g/mol. The van der Waals surface area contributed by atoms with Gasteiger partial charge in [-0.15, -0.1) is 0 Å². The van der Waals surface area contributed by atoms with Crippen LogP contribution in [0.5, 0.6) is 0 Å². The molecule has 0 saturated heterocycles. The number of nitrogens with one attached hydrogen (secondary N) is 1.